The minimum absolute atomic E-state index is 0.251. The summed E-state index contributed by atoms with van der Waals surface area (Å²) in [7, 11) is 2.14. The van der Waals surface area contributed by atoms with Crippen molar-refractivity contribution in [2.45, 2.75) is 18.8 Å². The van der Waals surface area contributed by atoms with Crippen molar-refractivity contribution in [3.05, 3.63) is 66.6 Å². The van der Waals surface area contributed by atoms with Gasteiger partial charge in [0.05, 0.1) is 6.20 Å². The van der Waals surface area contributed by atoms with Gasteiger partial charge in [0, 0.05) is 48.4 Å². The third kappa shape index (κ3) is 3.78. The topological polar surface area (TPSA) is 114 Å². The molecule has 3 N–H and O–H groups in total. The van der Waals surface area contributed by atoms with Crippen LogP contribution in [-0.4, -0.2) is 55.3 Å². The molecule has 0 aliphatic carbocycles. The van der Waals surface area contributed by atoms with E-state index in [2.05, 4.69) is 36.6 Å². The standard InChI is InChI=1S/C23H24N8O/c1-30-11-2-3-17(14-30)22-29-19(20-21(24)27-10-12-31(20)22)15-4-6-16(7-5-15)23(32)28-18-13-25-8-9-26-18/h4-10,12-13,17H,2-3,11,14H2,1H3,(H2,24,27)(H,26,28,32). The minimum Gasteiger partial charge on any atom is -0.382 e. The molecular formula is C23H24N8O. The van der Waals surface area contributed by atoms with Gasteiger partial charge in [0.2, 0.25) is 0 Å². The van der Waals surface area contributed by atoms with Crippen molar-refractivity contribution in [2.75, 3.05) is 31.2 Å². The van der Waals surface area contributed by atoms with Crippen LogP contribution in [0, 0.1) is 0 Å². The predicted molar refractivity (Wildman–Crippen MR) is 122 cm³/mol. The Morgan fingerprint density at radius 1 is 1.16 bits per heavy atom. The van der Waals surface area contributed by atoms with Gasteiger partial charge >= 0.3 is 0 Å². The Bertz CT molecular complexity index is 1250. The summed E-state index contributed by atoms with van der Waals surface area (Å²) in [4.78, 5) is 32.2. The highest BCUT2D eigenvalue weighted by molar-refractivity contribution is 6.04. The van der Waals surface area contributed by atoms with Crippen molar-refractivity contribution in [2.24, 2.45) is 0 Å². The molecular weight excluding hydrogens is 404 g/mol. The van der Waals surface area contributed by atoms with Crippen molar-refractivity contribution < 1.29 is 4.79 Å². The lowest BCUT2D eigenvalue weighted by atomic mass is 9.98. The van der Waals surface area contributed by atoms with Gasteiger partial charge in [-0.2, -0.15) is 0 Å². The molecule has 162 valence electrons. The highest BCUT2D eigenvalue weighted by Crippen LogP contribution is 2.33. The first kappa shape index (κ1) is 20.1. The lowest BCUT2D eigenvalue weighted by Crippen LogP contribution is -2.31. The van der Waals surface area contributed by atoms with Crippen LogP contribution in [0.5, 0.6) is 0 Å². The third-order valence-corrected chi connectivity index (χ3v) is 5.83. The van der Waals surface area contributed by atoms with Crippen LogP contribution < -0.4 is 11.1 Å². The first-order valence-electron chi connectivity index (χ1n) is 10.6. The average molecular weight is 429 g/mol. The number of nitrogen functional groups attached to an aromatic ring is 1. The predicted octanol–water partition coefficient (Wildman–Crippen LogP) is 2.83. The van der Waals surface area contributed by atoms with Gasteiger partial charge in [-0.3, -0.25) is 14.2 Å². The number of benzene rings is 1. The maximum Gasteiger partial charge on any atom is 0.256 e. The molecule has 0 saturated carbocycles. The highest BCUT2D eigenvalue weighted by atomic mass is 16.1. The zero-order valence-corrected chi connectivity index (χ0v) is 17.8. The summed E-state index contributed by atoms with van der Waals surface area (Å²) in [5.41, 5.74) is 9.25. The van der Waals surface area contributed by atoms with Gasteiger partial charge in [0.1, 0.15) is 22.9 Å². The zero-order chi connectivity index (χ0) is 22.1. The largest absolute Gasteiger partial charge is 0.382 e. The summed E-state index contributed by atoms with van der Waals surface area (Å²) in [6, 6.07) is 7.31. The Balaban J connectivity index is 1.48. The van der Waals surface area contributed by atoms with Crippen LogP contribution >= 0.6 is 0 Å². The summed E-state index contributed by atoms with van der Waals surface area (Å²) >= 11 is 0. The average Bonchev–Trinajstić information content (AvgIpc) is 3.21. The van der Waals surface area contributed by atoms with Gasteiger partial charge in [0.15, 0.2) is 5.82 Å². The lowest BCUT2D eigenvalue weighted by molar-refractivity contribution is 0.102. The van der Waals surface area contributed by atoms with Gasteiger partial charge in [-0.25, -0.2) is 15.0 Å². The molecule has 32 heavy (non-hydrogen) atoms. The van der Waals surface area contributed by atoms with E-state index in [1.807, 2.05) is 18.3 Å². The minimum atomic E-state index is -0.251. The Morgan fingerprint density at radius 2 is 2.00 bits per heavy atom. The zero-order valence-electron chi connectivity index (χ0n) is 17.8. The van der Waals surface area contributed by atoms with Crippen molar-refractivity contribution in [3.8, 4) is 11.3 Å². The molecule has 3 aromatic heterocycles. The van der Waals surface area contributed by atoms with E-state index in [0.717, 1.165) is 48.5 Å². The van der Waals surface area contributed by atoms with Crippen LogP contribution in [0.4, 0.5) is 11.6 Å². The molecule has 1 fully saturated rings. The van der Waals surface area contributed by atoms with Gasteiger partial charge in [-0.1, -0.05) is 12.1 Å². The van der Waals surface area contributed by atoms with E-state index >= 15 is 0 Å². The fourth-order valence-corrected chi connectivity index (χ4v) is 4.29. The number of piperidine rings is 1. The highest BCUT2D eigenvalue weighted by Gasteiger charge is 2.26. The second-order valence-electron chi connectivity index (χ2n) is 8.07. The second-order valence-corrected chi connectivity index (χ2v) is 8.07. The van der Waals surface area contributed by atoms with E-state index in [0.29, 0.717) is 23.1 Å². The maximum atomic E-state index is 12.5. The number of aromatic nitrogens is 5. The van der Waals surface area contributed by atoms with Crippen molar-refractivity contribution in [1.29, 1.82) is 0 Å². The van der Waals surface area contributed by atoms with E-state index in [4.69, 9.17) is 10.7 Å². The smallest absolute Gasteiger partial charge is 0.256 e. The van der Waals surface area contributed by atoms with E-state index in [-0.39, 0.29) is 5.91 Å². The number of carbonyl (C=O) groups is 1. The summed E-state index contributed by atoms with van der Waals surface area (Å²) < 4.78 is 2.07. The van der Waals surface area contributed by atoms with Crippen LogP contribution in [0.25, 0.3) is 16.8 Å². The first-order chi connectivity index (χ1) is 15.6. The number of fused-ring (bicyclic) bond motifs is 1. The molecule has 4 heterocycles. The molecule has 0 radical (unpaired) electrons. The fraction of sp³-hybridized carbons (Fsp3) is 0.261. The van der Waals surface area contributed by atoms with Gasteiger partial charge in [0.25, 0.3) is 5.91 Å². The Labute approximate surface area is 185 Å². The SMILES string of the molecule is CN1CCCC(c2nc(-c3ccc(C(=O)Nc4cnccn4)cc3)c3c(N)nccn23)C1. The number of nitrogens with one attached hydrogen (secondary N) is 1. The number of likely N-dealkylation sites (tertiary alicyclic amines) is 1. The molecule has 1 atom stereocenters. The molecule has 5 rings (SSSR count). The lowest BCUT2D eigenvalue weighted by Gasteiger charge is -2.28. The van der Waals surface area contributed by atoms with Crippen molar-refractivity contribution >= 4 is 23.1 Å². The normalized spacial score (nSPS) is 16.8. The Morgan fingerprint density at radius 3 is 2.75 bits per heavy atom. The van der Waals surface area contributed by atoms with Crippen molar-refractivity contribution in [3.63, 3.8) is 0 Å². The van der Waals surface area contributed by atoms with Crippen LogP contribution in [0.3, 0.4) is 0 Å². The summed E-state index contributed by atoms with van der Waals surface area (Å²) in [5, 5.41) is 2.74. The van der Waals surface area contributed by atoms with Gasteiger partial charge in [-0.15, -0.1) is 0 Å². The second kappa shape index (κ2) is 8.35. The summed E-state index contributed by atoms with van der Waals surface area (Å²) in [6.45, 7) is 2.07. The Kier molecular flexibility index (Phi) is 5.24. The molecule has 1 saturated heterocycles. The summed E-state index contributed by atoms with van der Waals surface area (Å²) in [6.07, 6.45) is 10.5. The molecule has 9 nitrogen and oxygen atoms in total. The maximum absolute atomic E-state index is 12.5. The van der Waals surface area contributed by atoms with Crippen molar-refractivity contribution in [1.82, 2.24) is 29.2 Å². The number of likely N-dealkylation sites (N-methyl/N-ethyl adjacent to an activating group) is 1. The molecule has 9 heteroatoms. The molecule has 0 spiro atoms. The molecule has 0 bridgehead atoms. The fourth-order valence-electron chi connectivity index (χ4n) is 4.29. The molecule has 1 unspecified atom stereocenters. The number of imidazole rings is 1. The van der Waals surface area contributed by atoms with Gasteiger partial charge < -0.3 is 16.0 Å². The number of carbonyl (C=O) groups excluding carboxylic acids is 1. The van der Waals surface area contributed by atoms with Crippen LogP contribution in [0.1, 0.15) is 34.9 Å². The summed E-state index contributed by atoms with van der Waals surface area (Å²) in [5.74, 6) is 1.92. The monoisotopic (exact) mass is 428 g/mol. The van der Waals surface area contributed by atoms with E-state index < -0.39 is 0 Å². The number of hydrogen-bond acceptors (Lipinski definition) is 7. The van der Waals surface area contributed by atoms with Crippen LogP contribution in [-0.2, 0) is 0 Å². The number of anilines is 2. The third-order valence-electron chi connectivity index (χ3n) is 5.83. The molecule has 1 aliphatic heterocycles. The van der Waals surface area contributed by atoms with E-state index in [1.165, 1.54) is 12.4 Å². The quantitative estimate of drug-likeness (QED) is 0.514. The number of rotatable bonds is 4. The molecule has 1 aliphatic rings. The van der Waals surface area contributed by atoms with Gasteiger partial charge in [-0.05, 0) is 38.6 Å². The Hall–Kier alpha value is -3.85. The number of amides is 1. The first-order valence-corrected chi connectivity index (χ1v) is 10.6. The van der Waals surface area contributed by atoms with E-state index in [9.17, 15) is 4.79 Å². The molecule has 1 amide bonds. The van der Waals surface area contributed by atoms with Crippen LogP contribution in [0.2, 0.25) is 0 Å². The number of hydrogen-bond donors (Lipinski definition) is 2. The number of nitrogens with zero attached hydrogens (tertiary/aromatic N) is 6. The molecule has 4 aromatic rings. The number of nitrogens with two attached hydrogens (primary N) is 1. The van der Waals surface area contributed by atoms with Crippen LogP contribution in [0.15, 0.2) is 55.2 Å². The molecule has 1 aromatic carbocycles. The van der Waals surface area contributed by atoms with E-state index in [1.54, 1.807) is 24.5 Å².